The molecule has 2 heterocycles. The van der Waals surface area contributed by atoms with Gasteiger partial charge in [0.15, 0.2) is 5.82 Å². The van der Waals surface area contributed by atoms with Crippen LogP contribution in [0.2, 0.25) is 0 Å². The molecular formula is C9H5F3N4O3S. The summed E-state index contributed by atoms with van der Waals surface area (Å²) in [6, 6.07) is 0. The summed E-state index contributed by atoms with van der Waals surface area (Å²) < 4.78 is 37.6. The van der Waals surface area contributed by atoms with E-state index >= 15 is 0 Å². The normalized spacial score (nSPS) is 11.3. The minimum atomic E-state index is -5.15. The molecule has 20 heavy (non-hydrogen) atoms. The van der Waals surface area contributed by atoms with Crippen LogP contribution in [-0.4, -0.2) is 37.9 Å². The third kappa shape index (κ3) is 2.61. The lowest BCUT2D eigenvalue weighted by Gasteiger charge is -2.09. The Hall–Kier alpha value is -2.43. The largest absolute Gasteiger partial charge is 0.477 e. The highest BCUT2D eigenvalue weighted by Gasteiger charge is 2.40. The van der Waals surface area contributed by atoms with Crippen LogP contribution in [0.5, 0.6) is 0 Å². The summed E-state index contributed by atoms with van der Waals surface area (Å²) >= 11 is 1.01. The number of carboxylic acid groups (broad SMARTS) is 1. The van der Waals surface area contributed by atoms with E-state index in [-0.39, 0.29) is 5.13 Å². The molecule has 0 unspecified atom stereocenters. The molecule has 0 saturated heterocycles. The molecule has 2 aromatic heterocycles. The van der Waals surface area contributed by atoms with Crippen LogP contribution in [0, 0.1) is 0 Å². The number of rotatable bonds is 3. The first kappa shape index (κ1) is 14.0. The Balaban J connectivity index is 2.46. The lowest BCUT2D eigenvalue weighted by atomic mass is 10.3. The van der Waals surface area contributed by atoms with E-state index in [2.05, 4.69) is 10.1 Å². The number of hydrogen-bond donors (Lipinski definition) is 2. The van der Waals surface area contributed by atoms with Gasteiger partial charge in [-0.15, -0.1) is 11.3 Å². The zero-order valence-electron chi connectivity index (χ0n) is 9.38. The van der Waals surface area contributed by atoms with Crippen LogP contribution in [0.1, 0.15) is 10.4 Å². The molecule has 1 amide bonds. The smallest absolute Gasteiger partial charge is 0.471 e. The zero-order chi connectivity index (χ0) is 14.9. The molecule has 106 valence electrons. The lowest BCUT2D eigenvalue weighted by Crippen LogP contribution is -2.31. The Morgan fingerprint density at radius 1 is 1.40 bits per heavy atom. The average Bonchev–Trinajstić information content (AvgIpc) is 2.94. The van der Waals surface area contributed by atoms with E-state index in [1.807, 2.05) is 0 Å². The monoisotopic (exact) mass is 306 g/mol. The van der Waals surface area contributed by atoms with E-state index in [0.717, 1.165) is 22.2 Å². The van der Waals surface area contributed by atoms with E-state index in [4.69, 9.17) is 5.11 Å². The Morgan fingerprint density at radius 3 is 2.60 bits per heavy atom. The summed E-state index contributed by atoms with van der Waals surface area (Å²) in [6.45, 7) is 0. The van der Waals surface area contributed by atoms with E-state index in [0.29, 0.717) is 0 Å². The minimum Gasteiger partial charge on any atom is -0.477 e. The molecule has 0 atom stereocenters. The number of hydrogen-bond acceptors (Lipinski definition) is 5. The predicted molar refractivity (Wildman–Crippen MR) is 60.9 cm³/mol. The van der Waals surface area contributed by atoms with Crippen molar-refractivity contribution in [1.82, 2.24) is 14.8 Å². The molecule has 0 aliphatic heterocycles. The second-order valence-electron chi connectivity index (χ2n) is 3.39. The fraction of sp³-hybridized carbons (Fsp3) is 0.111. The van der Waals surface area contributed by atoms with Gasteiger partial charge in [0.2, 0.25) is 5.13 Å². The number of aromatic carboxylic acids is 1. The molecule has 0 spiro atoms. The molecule has 0 aliphatic carbocycles. The van der Waals surface area contributed by atoms with Gasteiger partial charge in [-0.3, -0.25) is 4.79 Å². The maximum atomic E-state index is 12.2. The summed E-state index contributed by atoms with van der Waals surface area (Å²) in [4.78, 5) is 25.7. The van der Waals surface area contributed by atoms with Crippen LogP contribution in [-0.2, 0) is 4.79 Å². The van der Waals surface area contributed by atoms with E-state index in [1.165, 1.54) is 16.9 Å². The fourth-order valence-corrected chi connectivity index (χ4v) is 1.87. The van der Waals surface area contributed by atoms with Crippen LogP contribution in [0.25, 0.3) is 5.13 Å². The number of carbonyl (C=O) groups is 2. The quantitative estimate of drug-likeness (QED) is 0.896. The van der Waals surface area contributed by atoms with Crippen molar-refractivity contribution in [3.8, 4) is 5.13 Å². The first-order valence-corrected chi connectivity index (χ1v) is 5.78. The molecule has 2 aromatic rings. The van der Waals surface area contributed by atoms with Crippen molar-refractivity contribution < 1.29 is 27.9 Å². The van der Waals surface area contributed by atoms with Crippen molar-refractivity contribution >= 4 is 29.0 Å². The molecule has 0 aromatic carbocycles. The first-order chi connectivity index (χ1) is 9.30. The van der Waals surface area contributed by atoms with Gasteiger partial charge < -0.3 is 10.4 Å². The Kier molecular flexibility index (Phi) is 3.44. The van der Waals surface area contributed by atoms with Gasteiger partial charge in [-0.2, -0.15) is 23.0 Å². The van der Waals surface area contributed by atoms with Crippen LogP contribution >= 0.6 is 11.3 Å². The molecule has 0 saturated carbocycles. The second-order valence-corrected chi connectivity index (χ2v) is 4.26. The summed E-state index contributed by atoms with van der Waals surface area (Å²) in [5.74, 6) is -4.42. The van der Waals surface area contributed by atoms with Gasteiger partial charge in [0.25, 0.3) is 0 Å². The van der Waals surface area contributed by atoms with Crippen molar-refractivity contribution in [3.63, 3.8) is 0 Å². The van der Waals surface area contributed by atoms with Crippen LogP contribution < -0.4 is 5.32 Å². The van der Waals surface area contributed by atoms with E-state index < -0.39 is 29.4 Å². The number of aromatic nitrogens is 3. The number of anilines is 1. The van der Waals surface area contributed by atoms with Gasteiger partial charge in [-0.25, -0.2) is 9.78 Å². The third-order valence-corrected chi connectivity index (χ3v) is 2.84. The van der Waals surface area contributed by atoms with Crippen molar-refractivity contribution in [2.75, 3.05) is 5.32 Å². The molecule has 0 radical (unpaired) electrons. The second kappa shape index (κ2) is 4.92. The van der Waals surface area contributed by atoms with Crippen LogP contribution in [0.15, 0.2) is 17.8 Å². The lowest BCUT2D eigenvalue weighted by molar-refractivity contribution is -0.167. The summed E-state index contributed by atoms with van der Waals surface area (Å²) in [7, 11) is 0. The van der Waals surface area contributed by atoms with E-state index in [1.54, 1.807) is 0 Å². The highest BCUT2D eigenvalue weighted by Crippen LogP contribution is 2.24. The van der Waals surface area contributed by atoms with Gasteiger partial charge in [0.05, 0.1) is 6.20 Å². The van der Waals surface area contributed by atoms with Gasteiger partial charge in [0, 0.05) is 11.6 Å². The maximum Gasteiger partial charge on any atom is 0.471 e. The number of alkyl halides is 3. The molecule has 2 rings (SSSR count). The number of thiazole rings is 1. The van der Waals surface area contributed by atoms with Gasteiger partial charge >= 0.3 is 18.1 Å². The number of carboxylic acids is 1. The Bertz CT molecular complexity index is 650. The van der Waals surface area contributed by atoms with Crippen molar-refractivity contribution in [3.05, 3.63) is 23.3 Å². The number of nitrogens with one attached hydrogen (secondary N) is 1. The van der Waals surface area contributed by atoms with Gasteiger partial charge in [0.1, 0.15) is 5.56 Å². The summed E-state index contributed by atoms with van der Waals surface area (Å²) in [5.41, 5.74) is -0.571. The van der Waals surface area contributed by atoms with Gasteiger partial charge in [-0.05, 0) is 0 Å². The van der Waals surface area contributed by atoms with Crippen molar-refractivity contribution in [2.45, 2.75) is 6.18 Å². The average molecular weight is 306 g/mol. The van der Waals surface area contributed by atoms with Gasteiger partial charge in [-0.1, -0.05) is 0 Å². The van der Waals surface area contributed by atoms with Crippen LogP contribution in [0.3, 0.4) is 0 Å². The molecule has 0 aliphatic rings. The molecule has 11 heteroatoms. The third-order valence-electron chi connectivity index (χ3n) is 2.09. The minimum absolute atomic E-state index is 0.120. The first-order valence-electron chi connectivity index (χ1n) is 4.90. The number of halogens is 3. The highest BCUT2D eigenvalue weighted by molar-refractivity contribution is 7.12. The molecular weight excluding hydrogens is 301 g/mol. The van der Waals surface area contributed by atoms with Crippen molar-refractivity contribution in [2.24, 2.45) is 0 Å². The molecule has 0 fully saturated rings. The number of carbonyl (C=O) groups excluding carboxylic acids is 1. The van der Waals surface area contributed by atoms with E-state index in [9.17, 15) is 22.8 Å². The van der Waals surface area contributed by atoms with Crippen molar-refractivity contribution in [1.29, 1.82) is 0 Å². The zero-order valence-corrected chi connectivity index (χ0v) is 10.2. The summed E-state index contributed by atoms with van der Waals surface area (Å²) in [5, 5.41) is 15.6. The summed E-state index contributed by atoms with van der Waals surface area (Å²) in [6.07, 6.45) is -2.96. The predicted octanol–water partition coefficient (Wildman–Crippen LogP) is 1.53. The molecule has 0 bridgehead atoms. The Morgan fingerprint density at radius 2 is 2.10 bits per heavy atom. The number of amides is 1. The van der Waals surface area contributed by atoms with Crippen LogP contribution in [0.4, 0.5) is 19.0 Å². The highest BCUT2D eigenvalue weighted by atomic mass is 32.1. The Labute approximate surface area is 112 Å². The molecule has 2 N–H and O–H groups in total. The SMILES string of the molecule is O=C(O)c1cnn(-c2nccs2)c1NC(=O)C(F)(F)F. The maximum absolute atomic E-state index is 12.2. The fourth-order valence-electron chi connectivity index (χ4n) is 1.27. The standard InChI is InChI=1S/C9H5F3N4O3S/c10-9(11,12)7(19)15-5-4(6(17)18)3-14-16(5)8-13-1-2-20-8/h1-3H,(H,15,19)(H,17,18). The molecule has 7 nitrogen and oxygen atoms in total. The topological polar surface area (TPSA) is 97.1 Å². The number of nitrogens with zero attached hydrogens (tertiary/aromatic N) is 3.